The SMILES string of the molecule is COc1cccc(C#N)c1NC(=O)c1cc(N)n[nH]1. The maximum Gasteiger partial charge on any atom is 0.273 e. The molecule has 0 fully saturated rings. The average molecular weight is 257 g/mol. The number of para-hydroxylation sites is 1. The Hall–Kier alpha value is -3.01. The van der Waals surface area contributed by atoms with Gasteiger partial charge in [-0.05, 0) is 12.1 Å². The summed E-state index contributed by atoms with van der Waals surface area (Å²) < 4.78 is 5.11. The Morgan fingerprint density at radius 1 is 1.58 bits per heavy atom. The van der Waals surface area contributed by atoms with Crippen molar-refractivity contribution < 1.29 is 9.53 Å². The van der Waals surface area contributed by atoms with Gasteiger partial charge in [-0.15, -0.1) is 0 Å². The topological polar surface area (TPSA) is 117 Å². The van der Waals surface area contributed by atoms with E-state index in [0.29, 0.717) is 17.0 Å². The Labute approximate surface area is 109 Å². The zero-order chi connectivity index (χ0) is 13.8. The molecule has 0 aliphatic heterocycles. The van der Waals surface area contributed by atoms with E-state index in [1.807, 2.05) is 6.07 Å². The van der Waals surface area contributed by atoms with Crippen LogP contribution in [0.2, 0.25) is 0 Å². The first-order valence-electron chi connectivity index (χ1n) is 5.35. The molecule has 0 saturated heterocycles. The maximum atomic E-state index is 12.0. The number of ether oxygens (including phenoxy) is 1. The molecule has 7 nitrogen and oxygen atoms in total. The van der Waals surface area contributed by atoms with Gasteiger partial charge in [0.15, 0.2) is 0 Å². The zero-order valence-electron chi connectivity index (χ0n) is 10.1. The Balaban J connectivity index is 2.33. The van der Waals surface area contributed by atoms with Gasteiger partial charge >= 0.3 is 0 Å². The van der Waals surface area contributed by atoms with E-state index < -0.39 is 5.91 Å². The normalized spacial score (nSPS) is 9.68. The summed E-state index contributed by atoms with van der Waals surface area (Å²) in [6.07, 6.45) is 0. The number of nitrogens with zero attached hydrogens (tertiary/aromatic N) is 2. The molecular formula is C12H11N5O2. The number of carbonyl (C=O) groups excluding carboxylic acids is 1. The lowest BCUT2D eigenvalue weighted by atomic mass is 10.1. The molecule has 1 heterocycles. The molecule has 0 atom stereocenters. The van der Waals surface area contributed by atoms with E-state index in [1.165, 1.54) is 13.2 Å². The largest absolute Gasteiger partial charge is 0.495 e. The van der Waals surface area contributed by atoms with E-state index in [9.17, 15) is 4.79 Å². The Kier molecular flexibility index (Phi) is 3.34. The molecule has 2 aromatic rings. The number of H-pyrrole nitrogens is 1. The second-order valence-corrected chi connectivity index (χ2v) is 3.66. The molecule has 0 radical (unpaired) electrons. The number of carbonyl (C=O) groups is 1. The van der Waals surface area contributed by atoms with Crippen LogP contribution in [0.5, 0.6) is 5.75 Å². The summed E-state index contributed by atoms with van der Waals surface area (Å²) in [6.45, 7) is 0. The molecule has 19 heavy (non-hydrogen) atoms. The monoisotopic (exact) mass is 257 g/mol. The summed E-state index contributed by atoms with van der Waals surface area (Å²) >= 11 is 0. The van der Waals surface area contributed by atoms with Gasteiger partial charge in [0.1, 0.15) is 29.0 Å². The van der Waals surface area contributed by atoms with Crippen molar-refractivity contribution in [1.82, 2.24) is 10.2 Å². The van der Waals surface area contributed by atoms with E-state index in [-0.39, 0.29) is 11.5 Å². The van der Waals surface area contributed by atoms with Gasteiger partial charge in [-0.2, -0.15) is 10.4 Å². The highest BCUT2D eigenvalue weighted by Crippen LogP contribution is 2.28. The van der Waals surface area contributed by atoms with Crippen LogP contribution in [-0.4, -0.2) is 23.2 Å². The van der Waals surface area contributed by atoms with Crippen LogP contribution in [0.1, 0.15) is 16.1 Å². The molecule has 0 spiro atoms. The third kappa shape index (κ3) is 2.47. The van der Waals surface area contributed by atoms with Gasteiger partial charge < -0.3 is 15.8 Å². The molecule has 1 aromatic heterocycles. The number of anilines is 2. The van der Waals surface area contributed by atoms with Gasteiger partial charge in [0.05, 0.1) is 12.7 Å². The molecule has 0 saturated carbocycles. The van der Waals surface area contributed by atoms with E-state index in [4.69, 9.17) is 15.7 Å². The highest BCUT2D eigenvalue weighted by Gasteiger charge is 2.15. The van der Waals surface area contributed by atoms with E-state index >= 15 is 0 Å². The van der Waals surface area contributed by atoms with Gasteiger partial charge in [-0.3, -0.25) is 9.89 Å². The maximum absolute atomic E-state index is 12.0. The molecule has 2 rings (SSSR count). The second-order valence-electron chi connectivity index (χ2n) is 3.66. The lowest BCUT2D eigenvalue weighted by molar-refractivity contribution is 0.102. The first-order chi connectivity index (χ1) is 9.15. The van der Waals surface area contributed by atoms with E-state index in [0.717, 1.165) is 0 Å². The number of amides is 1. The highest BCUT2D eigenvalue weighted by molar-refractivity contribution is 6.04. The Bertz CT molecular complexity index is 656. The highest BCUT2D eigenvalue weighted by atomic mass is 16.5. The summed E-state index contributed by atoms with van der Waals surface area (Å²) in [4.78, 5) is 12.0. The average Bonchev–Trinajstić information content (AvgIpc) is 2.85. The number of hydrogen-bond donors (Lipinski definition) is 3. The van der Waals surface area contributed by atoms with Crippen LogP contribution in [-0.2, 0) is 0 Å². The molecular weight excluding hydrogens is 246 g/mol. The minimum absolute atomic E-state index is 0.201. The fourth-order valence-corrected chi connectivity index (χ4v) is 1.56. The number of benzene rings is 1. The molecule has 7 heteroatoms. The zero-order valence-corrected chi connectivity index (χ0v) is 10.1. The van der Waals surface area contributed by atoms with Crippen LogP contribution < -0.4 is 15.8 Å². The molecule has 0 aliphatic carbocycles. The minimum atomic E-state index is -0.454. The van der Waals surface area contributed by atoms with Crippen LogP contribution in [0.3, 0.4) is 0 Å². The molecule has 96 valence electrons. The number of aromatic amines is 1. The van der Waals surface area contributed by atoms with Gasteiger partial charge in [-0.25, -0.2) is 0 Å². The number of methoxy groups -OCH3 is 1. The molecule has 0 aliphatic rings. The molecule has 0 bridgehead atoms. The smallest absolute Gasteiger partial charge is 0.273 e. The van der Waals surface area contributed by atoms with E-state index in [2.05, 4.69) is 15.5 Å². The van der Waals surface area contributed by atoms with Crippen LogP contribution in [0.25, 0.3) is 0 Å². The summed E-state index contributed by atoms with van der Waals surface area (Å²) in [7, 11) is 1.46. The van der Waals surface area contributed by atoms with Crippen LogP contribution >= 0.6 is 0 Å². The number of nitrogens with two attached hydrogens (primary N) is 1. The molecule has 1 aromatic carbocycles. The summed E-state index contributed by atoms with van der Waals surface area (Å²) in [5.41, 5.74) is 6.24. The minimum Gasteiger partial charge on any atom is -0.495 e. The van der Waals surface area contributed by atoms with Crippen molar-refractivity contribution in [3.8, 4) is 11.8 Å². The number of nitriles is 1. The van der Waals surface area contributed by atoms with Gasteiger partial charge in [-0.1, -0.05) is 6.07 Å². The van der Waals surface area contributed by atoms with Crippen molar-refractivity contribution in [3.05, 3.63) is 35.5 Å². The second kappa shape index (κ2) is 5.10. The van der Waals surface area contributed by atoms with Crippen molar-refractivity contribution in [2.24, 2.45) is 0 Å². The van der Waals surface area contributed by atoms with Crippen molar-refractivity contribution in [2.75, 3.05) is 18.2 Å². The lowest BCUT2D eigenvalue weighted by Crippen LogP contribution is -2.14. The van der Waals surface area contributed by atoms with Crippen LogP contribution in [0.15, 0.2) is 24.3 Å². The number of nitrogen functional groups attached to an aromatic ring is 1. The van der Waals surface area contributed by atoms with Gasteiger partial charge in [0, 0.05) is 6.07 Å². The number of hydrogen-bond acceptors (Lipinski definition) is 5. The van der Waals surface area contributed by atoms with E-state index in [1.54, 1.807) is 18.2 Å². The standard InChI is InChI=1S/C12H11N5O2/c1-19-9-4-2-3-7(6-13)11(9)15-12(18)8-5-10(14)17-16-8/h2-5H,1H3,(H,15,18)(H3,14,16,17). The summed E-state index contributed by atoms with van der Waals surface area (Å²) in [5, 5.41) is 17.8. The number of aromatic nitrogens is 2. The predicted octanol–water partition coefficient (Wildman–Crippen LogP) is 1.12. The Morgan fingerprint density at radius 3 is 2.95 bits per heavy atom. The first kappa shape index (κ1) is 12.4. The van der Waals surface area contributed by atoms with Crippen molar-refractivity contribution in [2.45, 2.75) is 0 Å². The van der Waals surface area contributed by atoms with Crippen molar-refractivity contribution in [1.29, 1.82) is 5.26 Å². The number of rotatable bonds is 3. The van der Waals surface area contributed by atoms with Crippen molar-refractivity contribution in [3.63, 3.8) is 0 Å². The summed E-state index contributed by atoms with van der Waals surface area (Å²) in [6, 6.07) is 8.29. The van der Waals surface area contributed by atoms with Gasteiger partial charge in [0.2, 0.25) is 0 Å². The van der Waals surface area contributed by atoms with Crippen LogP contribution in [0, 0.1) is 11.3 Å². The predicted molar refractivity (Wildman–Crippen MR) is 68.7 cm³/mol. The quantitative estimate of drug-likeness (QED) is 0.761. The fourth-order valence-electron chi connectivity index (χ4n) is 1.56. The molecule has 4 N–H and O–H groups in total. The molecule has 0 unspecified atom stereocenters. The fraction of sp³-hybridized carbons (Fsp3) is 0.0833. The Morgan fingerprint density at radius 2 is 2.37 bits per heavy atom. The lowest BCUT2D eigenvalue weighted by Gasteiger charge is -2.10. The third-order valence-electron chi connectivity index (χ3n) is 2.45. The first-order valence-corrected chi connectivity index (χ1v) is 5.35. The van der Waals surface area contributed by atoms with Crippen LogP contribution in [0.4, 0.5) is 11.5 Å². The third-order valence-corrected chi connectivity index (χ3v) is 2.45. The van der Waals surface area contributed by atoms with Gasteiger partial charge in [0.25, 0.3) is 5.91 Å². The molecule has 1 amide bonds. The number of nitrogens with one attached hydrogen (secondary N) is 2. The summed E-state index contributed by atoms with van der Waals surface area (Å²) in [5.74, 6) is 0.163. The van der Waals surface area contributed by atoms with Crippen molar-refractivity contribution >= 4 is 17.4 Å².